The molecule has 1 saturated carbocycles. The predicted octanol–water partition coefficient (Wildman–Crippen LogP) is 5.68. The van der Waals surface area contributed by atoms with Crippen molar-refractivity contribution in [3.63, 3.8) is 0 Å². The van der Waals surface area contributed by atoms with Crippen molar-refractivity contribution in [3.05, 3.63) is 66.1 Å². The summed E-state index contributed by atoms with van der Waals surface area (Å²) in [6.45, 7) is 6.03. The minimum absolute atomic E-state index is 0.0257. The van der Waals surface area contributed by atoms with Crippen LogP contribution in [0.3, 0.4) is 0 Å². The van der Waals surface area contributed by atoms with Gasteiger partial charge in [-0.3, -0.25) is 14.7 Å². The summed E-state index contributed by atoms with van der Waals surface area (Å²) in [7, 11) is 0. The Kier molecular flexibility index (Phi) is 8.03. The lowest BCUT2D eigenvalue weighted by molar-refractivity contribution is -0.124. The number of hydrogen-bond acceptors (Lipinski definition) is 5. The van der Waals surface area contributed by atoms with E-state index in [1.807, 2.05) is 56.3 Å². The van der Waals surface area contributed by atoms with E-state index in [4.69, 9.17) is 4.74 Å². The molecule has 2 aromatic heterocycles. The number of benzene rings is 1. The van der Waals surface area contributed by atoms with Gasteiger partial charge in [0.05, 0.1) is 11.9 Å². The van der Waals surface area contributed by atoms with Gasteiger partial charge in [0, 0.05) is 23.9 Å². The molecule has 2 heterocycles. The zero-order chi connectivity index (χ0) is 25.7. The highest BCUT2D eigenvalue weighted by Gasteiger charge is 2.34. The molecule has 3 aromatic rings. The smallest absolute Gasteiger partial charge is 0.449 e. The fraction of sp³-hybridized carbons (Fsp3) is 0.429. The van der Waals surface area contributed by atoms with Crippen molar-refractivity contribution in [2.45, 2.75) is 65.3 Å². The number of carbonyl (C=O) groups is 2. The minimum Gasteiger partial charge on any atom is -0.449 e. The third kappa shape index (κ3) is 6.11. The highest BCUT2D eigenvalue weighted by molar-refractivity contribution is 5.96. The quantitative estimate of drug-likeness (QED) is 0.408. The van der Waals surface area contributed by atoms with Gasteiger partial charge in [0.2, 0.25) is 11.7 Å². The molecule has 1 fully saturated rings. The van der Waals surface area contributed by atoms with E-state index in [1.54, 1.807) is 15.8 Å². The molecule has 0 unspecified atom stereocenters. The number of carbonyl (C=O) groups excluding carboxylic acids is 1. The number of nitrogens with zero attached hydrogens (tertiary/aromatic N) is 4. The van der Waals surface area contributed by atoms with Gasteiger partial charge in [0.25, 0.3) is 0 Å². The van der Waals surface area contributed by atoms with E-state index in [1.165, 1.54) is 6.20 Å². The normalized spacial score (nSPS) is 17.7. The van der Waals surface area contributed by atoms with Gasteiger partial charge in [-0.15, -0.1) is 5.10 Å². The second-order valence-electron chi connectivity index (χ2n) is 9.88. The van der Waals surface area contributed by atoms with Gasteiger partial charge in [0.15, 0.2) is 5.75 Å². The van der Waals surface area contributed by atoms with Gasteiger partial charge in [-0.1, -0.05) is 25.1 Å². The largest absolute Gasteiger partial charge is 0.511 e. The van der Waals surface area contributed by atoms with E-state index in [9.17, 15) is 14.7 Å². The van der Waals surface area contributed by atoms with Crippen LogP contribution in [0.2, 0.25) is 0 Å². The summed E-state index contributed by atoms with van der Waals surface area (Å²) in [6, 6.07) is 13.6. The number of anilines is 1. The fourth-order valence-electron chi connectivity index (χ4n) is 4.76. The summed E-state index contributed by atoms with van der Waals surface area (Å²) < 4.78 is 6.65. The predicted molar refractivity (Wildman–Crippen MR) is 138 cm³/mol. The molecule has 0 radical (unpaired) electrons. The molecule has 190 valence electrons. The van der Waals surface area contributed by atoms with E-state index < -0.39 is 6.16 Å². The van der Waals surface area contributed by atoms with Gasteiger partial charge in [-0.2, -0.15) is 0 Å². The summed E-state index contributed by atoms with van der Waals surface area (Å²) >= 11 is 0. The van der Waals surface area contributed by atoms with Crippen molar-refractivity contribution in [2.75, 3.05) is 4.90 Å². The Labute approximate surface area is 211 Å². The molecule has 8 nitrogen and oxygen atoms in total. The Bertz CT molecular complexity index is 1170. The summed E-state index contributed by atoms with van der Waals surface area (Å²) in [5.74, 6) is 0.786. The number of amides is 1. The molecule has 0 saturated heterocycles. The SMILES string of the molecule is CC1CCC(C(=O)N(c2nn(-c3ccc(CCc4ccccn4)cc3)cc2OC(=O)O)C(C)C)CC1. The Balaban J connectivity index is 1.57. The molecule has 1 amide bonds. The first kappa shape index (κ1) is 25.4. The van der Waals surface area contributed by atoms with Gasteiger partial charge in [0.1, 0.15) is 0 Å². The molecular formula is C28H34N4O4. The molecule has 0 spiro atoms. The number of hydrogen-bond donors (Lipinski definition) is 1. The molecule has 36 heavy (non-hydrogen) atoms. The van der Waals surface area contributed by atoms with Crippen LogP contribution in [0.25, 0.3) is 5.69 Å². The Hall–Kier alpha value is -3.68. The summed E-state index contributed by atoms with van der Waals surface area (Å²) in [4.78, 5) is 30.9. The van der Waals surface area contributed by atoms with Crippen LogP contribution >= 0.6 is 0 Å². The Morgan fingerprint density at radius 2 is 1.81 bits per heavy atom. The first-order chi connectivity index (χ1) is 17.3. The first-order valence-corrected chi connectivity index (χ1v) is 12.6. The summed E-state index contributed by atoms with van der Waals surface area (Å²) in [5.41, 5.74) is 2.95. The van der Waals surface area contributed by atoms with Crippen LogP contribution in [0, 0.1) is 11.8 Å². The lowest BCUT2D eigenvalue weighted by Gasteiger charge is -2.32. The van der Waals surface area contributed by atoms with Crippen LogP contribution in [-0.4, -0.2) is 38.0 Å². The third-order valence-corrected chi connectivity index (χ3v) is 6.80. The number of pyridine rings is 1. The molecule has 0 aliphatic heterocycles. The molecule has 1 aliphatic carbocycles. The third-order valence-electron chi connectivity index (χ3n) is 6.80. The lowest BCUT2D eigenvalue weighted by Crippen LogP contribution is -2.42. The van der Waals surface area contributed by atoms with Crippen LogP contribution in [0.5, 0.6) is 5.75 Å². The van der Waals surface area contributed by atoms with E-state index in [0.717, 1.165) is 55.5 Å². The van der Waals surface area contributed by atoms with Crippen LogP contribution < -0.4 is 9.64 Å². The Morgan fingerprint density at radius 1 is 1.08 bits per heavy atom. The average Bonchev–Trinajstić information content (AvgIpc) is 3.26. The molecule has 0 atom stereocenters. The van der Waals surface area contributed by atoms with E-state index in [0.29, 0.717) is 5.92 Å². The summed E-state index contributed by atoms with van der Waals surface area (Å²) in [5, 5.41) is 14.0. The molecule has 0 bridgehead atoms. The number of carboxylic acid groups (broad SMARTS) is 1. The highest BCUT2D eigenvalue weighted by Crippen LogP contribution is 2.35. The number of rotatable bonds is 8. The second-order valence-corrected chi connectivity index (χ2v) is 9.88. The van der Waals surface area contributed by atoms with Crippen molar-refractivity contribution < 1.29 is 19.4 Å². The van der Waals surface area contributed by atoms with Crippen LogP contribution in [0.1, 0.15) is 57.7 Å². The van der Waals surface area contributed by atoms with E-state index >= 15 is 0 Å². The van der Waals surface area contributed by atoms with Crippen molar-refractivity contribution in [1.29, 1.82) is 0 Å². The maximum Gasteiger partial charge on any atom is 0.511 e. The van der Waals surface area contributed by atoms with Crippen molar-refractivity contribution in [1.82, 2.24) is 14.8 Å². The monoisotopic (exact) mass is 490 g/mol. The molecule has 1 aromatic carbocycles. The standard InChI is InChI=1S/C28H34N4O4/c1-19(2)32(27(33)22-12-7-20(3)8-13-22)26-25(36-28(34)35)18-31(30-26)24-15-10-21(11-16-24)9-14-23-6-4-5-17-29-23/h4-6,10-11,15-20,22H,7-9,12-14H2,1-3H3,(H,34,35). The maximum absolute atomic E-state index is 13.5. The van der Waals surface area contributed by atoms with E-state index in [-0.39, 0.29) is 29.4 Å². The van der Waals surface area contributed by atoms with Gasteiger partial charge in [-0.05, 0) is 88.1 Å². The Morgan fingerprint density at radius 3 is 2.42 bits per heavy atom. The molecular weight excluding hydrogens is 456 g/mol. The van der Waals surface area contributed by atoms with Crippen LogP contribution in [0.4, 0.5) is 10.6 Å². The zero-order valence-electron chi connectivity index (χ0n) is 21.1. The molecule has 1 aliphatic rings. The van der Waals surface area contributed by atoms with Crippen molar-refractivity contribution in [3.8, 4) is 11.4 Å². The van der Waals surface area contributed by atoms with Crippen molar-refractivity contribution in [2.24, 2.45) is 11.8 Å². The minimum atomic E-state index is -1.44. The molecule has 4 rings (SSSR count). The lowest BCUT2D eigenvalue weighted by atomic mass is 9.82. The number of ether oxygens (including phenoxy) is 1. The number of aryl methyl sites for hydroxylation is 2. The van der Waals surface area contributed by atoms with E-state index in [2.05, 4.69) is 17.0 Å². The summed E-state index contributed by atoms with van der Waals surface area (Å²) in [6.07, 6.45) is 7.27. The fourth-order valence-corrected chi connectivity index (χ4v) is 4.76. The highest BCUT2D eigenvalue weighted by atomic mass is 16.7. The topological polar surface area (TPSA) is 97.5 Å². The second kappa shape index (κ2) is 11.4. The molecule has 8 heteroatoms. The van der Waals surface area contributed by atoms with Gasteiger partial charge < -0.3 is 9.84 Å². The van der Waals surface area contributed by atoms with Crippen LogP contribution in [-0.2, 0) is 17.6 Å². The van der Waals surface area contributed by atoms with Crippen LogP contribution in [0.15, 0.2) is 54.9 Å². The average molecular weight is 491 g/mol. The molecule has 1 N–H and O–H groups in total. The first-order valence-electron chi connectivity index (χ1n) is 12.6. The van der Waals surface area contributed by atoms with Gasteiger partial charge in [-0.25, -0.2) is 9.48 Å². The maximum atomic E-state index is 13.5. The van der Waals surface area contributed by atoms with Crippen molar-refractivity contribution >= 4 is 17.9 Å². The van der Waals surface area contributed by atoms with Gasteiger partial charge >= 0.3 is 6.16 Å². The number of aromatic nitrogens is 3. The zero-order valence-corrected chi connectivity index (χ0v) is 21.1.